The molecular weight excluding hydrogens is 138 g/mol. The van der Waals surface area contributed by atoms with E-state index in [0.717, 1.165) is 6.54 Å². The van der Waals surface area contributed by atoms with Crippen LogP contribution in [-0.2, 0) is 4.74 Å². The first-order valence-electron chi connectivity index (χ1n) is 3.81. The number of methoxy groups -OCH3 is 1. The van der Waals surface area contributed by atoms with Crippen molar-refractivity contribution in [1.29, 1.82) is 0 Å². The molecule has 2 atom stereocenters. The van der Waals surface area contributed by atoms with Gasteiger partial charge in [-0.25, -0.2) is 0 Å². The topological polar surface area (TPSA) is 12.5 Å². The summed E-state index contributed by atoms with van der Waals surface area (Å²) >= 11 is 0. The predicted octanol–water partition coefficient (Wildman–Crippen LogP) is 0.975. The molecule has 0 bridgehead atoms. The Labute approximate surface area is 69.5 Å². The number of ether oxygens (including phenoxy) is 1. The molecule has 0 aromatic carbocycles. The van der Waals surface area contributed by atoms with Crippen LogP contribution < -0.4 is 0 Å². The quantitative estimate of drug-likeness (QED) is 0.561. The van der Waals surface area contributed by atoms with E-state index in [1.807, 2.05) is 20.9 Å². The summed E-state index contributed by atoms with van der Waals surface area (Å²) < 4.78 is 5.11. The van der Waals surface area contributed by atoms with Crippen molar-refractivity contribution in [2.75, 3.05) is 20.7 Å². The first-order valence-corrected chi connectivity index (χ1v) is 3.81. The molecule has 2 unspecified atom stereocenters. The summed E-state index contributed by atoms with van der Waals surface area (Å²) in [5.41, 5.74) is 0. The Morgan fingerprint density at radius 1 is 1.55 bits per heavy atom. The van der Waals surface area contributed by atoms with E-state index in [4.69, 9.17) is 11.2 Å². The van der Waals surface area contributed by atoms with Crippen LogP contribution in [0.1, 0.15) is 13.8 Å². The summed E-state index contributed by atoms with van der Waals surface area (Å²) in [6.45, 7) is 4.91. The van der Waals surface area contributed by atoms with Gasteiger partial charge in [0.15, 0.2) is 0 Å². The second-order valence-electron chi connectivity index (χ2n) is 2.83. The molecule has 0 saturated carbocycles. The molecule has 0 spiro atoms. The second-order valence-corrected chi connectivity index (χ2v) is 2.83. The first-order chi connectivity index (χ1) is 5.11. The van der Waals surface area contributed by atoms with Crippen LogP contribution in [0.4, 0.5) is 0 Å². The minimum atomic E-state index is 0.188. The average molecular weight is 155 g/mol. The highest BCUT2D eigenvalue weighted by Gasteiger charge is 2.08. The van der Waals surface area contributed by atoms with Crippen LogP contribution in [0.15, 0.2) is 0 Å². The second kappa shape index (κ2) is 5.17. The lowest BCUT2D eigenvalue weighted by Crippen LogP contribution is -2.34. The van der Waals surface area contributed by atoms with Crippen LogP contribution in [-0.4, -0.2) is 37.7 Å². The first kappa shape index (κ1) is 10.5. The molecule has 11 heavy (non-hydrogen) atoms. The van der Waals surface area contributed by atoms with Gasteiger partial charge in [0, 0.05) is 13.7 Å². The molecule has 2 heteroatoms. The fourth-order valence-electron chi connectivity index (χ4n) is 0.765. The summed E-state index contributed by atoms with van der Waals surface area (Å²) in [6.07, 6.45) is 5.50. The third kappa shape index (κ3) is 4.02. The van der Waals surface area contributed by atoms with Gasteiger partial charge in [-0.15, -0.1) is 6.42 Å². The van der Waals surface area contributed by atoms with Crippen LogP contribution in [0.5, 0.6) is 0 Å². The zero-order valence-electron chi connectivity index (χ0n) is 7.79. The van der Waals surface area contributed by atoms with Gasteiger partial charge >= 0.3 is 0 Å². The zero-order chi connectivity index (χ0) is 8.85. The molecule has 64 valence electrons. The van der Waals surface area contributed by atoms with Crippen molar-refractivity contribution in [1.82, 2.24) is 4.90 Å². The van der Waals surface area contributed by atoms with Crippen LogP contribution in [0.2, 0.25) is 0 Å². The molecule has 0 radical (unpaired) electrons. The third-order valence-electron chi connectivity index (χ3n) is 1.85. The van der Waals surface area contributed by atoms with Gasteiger partial charge in [0.1, 0.15) is 0 Å². The Morgan fingerprint density at radius 3 is 2.45 bits per heavy atom. The Morgan fingerprint density at radius 2 is 2.09 bits per heavy atom. The van der Waals surface area contributed by atoms with E-state index in [-0.39, 0.29) is 12.1 Å². The fraction of sp³-hybridized carbons (Fsp3) is 0.778. The maximum atomic E-state index is 5.26. The average Bonchev–Trinajstić information content (AvgIpc) is 2.02. The van der Waals surface area contributed by atoms with E-state index < -0.39 is 0 Å². The van der Waals surface area contributed by atoms with Gasteiger partial charge in [-0.05, 0) is 20.9 Å². The van der Waals surface area contributed by atoms with Crippen molar-refractivity contribution in [3.8, 4) is 12.3 Å². The number of hydrogen-bond donors (Lipinski definition) is 0. The molecule has 0 aliphatic heterocycles. The van der Waals surface area contributed by atoms with Crippen LogP contribution >= 0.6 is 0 Å². The molecule has 0 saturated heterocycles. The fourth-order valence-corrected chi connectivity index (χ4v) is 0.765. The summed E-state index contributed by atoms with van der Waals surface area (Å²) in [4.78, 5) is 2.09. The van der Waals surface area contributed by atoms with Crippen LogP contribution in [0.3, 0.4) is 0 Å². The summed E-state index contributed by atoms with van der Waals surface area (Å²) in [5, 5.41) is 0. The van der Waals surface area contributed by atoms with Crippen molar-refractivity contribution in [3.05, 3.63) is 0 Å². The van der Waals surface area contributed by atoms with Crippen LogP contribution in [0, 0.1) is 12.3 Å². The molecule has 0 fully saturated rings. The summed E-state index contributed by atoms with van der Waals surface area (Å²) in [5.74, 6) is 2.66. The minimum Gasteiger partial charge on any atom is -0.380 e. The Kier molecular flexibility index (Phi) is 4.93. The Balaban J connectivity index is 3.69. The minimum absolute atomic E-state index is 0.188. The van der Waals surface area contributed by atoms with E-state index >= 15 is 0 Å². The third-order valence-corrected chi connectivity index (χ3v) is 1.85. The number of nitrogens with zero attached hydrogens (tertiary/aromatic N) is 1. The van der Waals surface area contributed by atoms with Gasteiger partial charge in [-0.2, -0.15) is 0 Å². The predicted molar refractivity (Wildman–Crippen MR) is 47.4 cm³/mol. The summed E-state index contributed by atoms with van der Waals surface area (Å²) in [7, 11) is 3.71. The Hall–Kier alpha value is -0.520. The number of likely N-dealkylation sites (N-methyl/N-ethyl adjacent to an activating group) is 1. The molecule has 0 rings (SSSR count). The zero-order valence-corrected chi connectivity index (χ0v) is 7.79. The van der Waals surface area contributed by atoms with E-state index in [1.54, 1.807) is 7.11 Å². The monoisotopic (exact) mass is 155 g/mol. The van der Waals surface area contributed by atoms with E-state index in [9.17, 15) is 0 Å². The van der Waals surface area contributed by atoms with Crippen molar-refractivity contribution in [2.45, 2.75) is 26.0 Å². The van der Waals surface area contributed by atoms with Gasteiger partial charge in [0.05, 0.1) is 12.1 Å². The molecular formula is C9H17NO. The van der Waals surface area contributed by atoms with E-state index in [0.29, 0.717) is 0 Å². The molecule has 0 aromatic rings. The highest BCUT2D eigenvalue weighted by molar-refractivity contribution is 4.96. The van der Waals surface area contributed by atoms with Gasteiger partial charge in [0.25, 0.3) is 0 Å². The molecule has 0 aromatic heterocycles. The van der Waals surface area contributed by atoms with Crippen molar-refractivity contribution >= 4 is 0 Å². The maximum absolute atomic E-state index is 5.26. The molecule has 0 aliphatic rings. The molecule has 0 N–H and O–H groups in total. The number of rotatable bonds is 4. The van der Waals surface area contributed by atoms with Crippen molar-refractivity contribution in [3.63, 3.8) is 0 Å². The standard InChI is InChI=1S/C9H17NO/c1-6-8(2)10(4)7-9(3)11-5/h1,8-9H,7H2,2-5H3. The molecule has 0 amide bonds. The SMILES string of the molecule is C#CC(C)N(C)CC(C)OC. The van der Waals surface area contributed by atoms with E-state index in [1.165, 1.54) is 0 Å². The van der Waals surface area contributed by atoms with Gasteiger partial charge in [-0.3, -0.25) is 4.90 Å². The lowest BCUT2D eigenvalue weighted by atomic mass is 10.3. The molecule has 2 nitrogen and oxygen atoms in total. The van der Waals surface area contributed by atoms with Crippen molar-refractivity contribution in [2.24, 2.45) is 0 Å². The smallest absolute Gasteiger partial charge is 0.0681 e. The summed E-state index contributed by atoms with van der Waals surface area (Å²) in [6, 6.07) is 0.188. The Bertz CT molecular complexity index is 139. The highest BCUT2D eigenvalue weighted by Crippen LogP contribution is 1.97. The van der Waals surface area contributed by atoms with Gasteiger partial charge in [0.2, 0.25) is 0 Å². The maximum Gasteiger partial charge on any atom is 0.0681 e. The van der Waals surface area contributed by atoms with Gasteiger partial charge in [-0.1, -0.05) is 5.92 Å². The lowest BCUT2D eigenvalue weighted by molar-refractivity contribution is 0.0810. The largest absolute Gasteiger partial charge is 0.380 e. The number of terminal acetylenes is 1. The number of hydrogen-bond acceptors (Lipinski definition) is 2. The van der Waals surface area contributed by atoms with Crippen LogP contribution in [0.25, 0.3) is 0 Å². The van der Waals surface area contributed by atoms with Crippen molar-refractivity contribution < 1.29 is 4.74 Å². The lowest BCUT2D eigenvalue weighted by Gasteiger charge is -2.23. The van der Waals surface area contributed by atoms with Gasteiger partial charge < -0.3 is 4.74 Å². The molecule has 0 heterocycles. The molecule has 0 aliphatic carbocycles. The normalized spacial score (nSPS) is 16.0. The van der Waals surface area contributed by atoms with E-state index in [2.05, 4.69) is 10.8 Å². The highest BCUT2D eigenvalue weighted by atomic mass is 16.5.